The van der Waals surface area contributed by atoms with Crippen molar-refractivity contribution in [2.75, 3.05) is 13.7 Å². The Kier molecular flexibility index (Phi) is 7.51. The highest BCUT2D eigenvalue weighted by Gasteiger charge is 2.53. The number of hydrogen-bond acceptors (Lipinski definition) is 4. The standard InChI is InChI=1S/C19H30N2O2.C2H6.CH4O/c1-18(6-4-16(23)9-15(18)11-22)13-3-5-19(2)14(8-13)7-12-10-20-21-17(12)19;2*1-2/h10,13-16,22-23H,3-9,11H2,1-2H3,(H,20,21);1-2H3;2H,1H3. The van der Waals surface area contributed by atoms with E-state index in [1.165, 1.54) is 30.5 Å². The molecule has 6 atom stereocenters. The lowest BCUT2D eigenvalue weighted by molar-refractivity contribution is -0.0633. The quantitative estimate of drug-likeness (QED) is 0.633. The van der Waals surface area contributed by atoms with E-state index in [0.717, 1.165) is 32.8 Å². The lowest BCUT2D eigenvalue weighted by atomic mass is 9.53. The molecular formula is C22H40N2O3. The Labute approximate surface area is 164 Å². The molecule has 1 aromatic heterocycles. The Morgan fingerprint density at radius 2 is 1.81 bits per heavy atom. The van der Waals surface area contributed by atoms with E-state index in [1.54, 1.807) is 0 Å². The molecule has 1 aromatic rings. The summed E-state index contributed by atoms with van der Waals surface area (Å²) in [6, 6.07) is 0. The van der Waals surface area contributed by atoms with Gasteiger partial charge < -0.3 is 15.3 Å². The third kappa shape index (κ3) is 3.83. The number of rotatable bonds is 2. The van der Waals surface area contributed by atoms with E-state index in [0.29, 0.717) is 11.8 Å². The molecule has 0 radical (unpaired) electrons. The average molecular weight is 381 g/mol. The molecule has 5 heteroatoms. The summed E-state index contributed by atoms with van der Waals surface area (Å²) in [4.78, 5) is 0. The molecule has 2 saturated carbocycles. The molecule has 1 heterocycles. The van der Waals surface area contributed by atoms with Gasteiger partial charge >= 0.3 is 0 Å². The van der Waals surface area contributed by atoms with Gasteiger partial charge in [-0.25, -0.2) is 0 Å². The highest BCUT2D eigenvalue weighted by molar-refractivity contribution is 5.34. The zero-order valence-corrected chi connectivity index (χ0v) is 17.8. The van der Waals surface area contributed by atoms with Gasteiger partial charge in [0.15, 0.2) is 0 Å². The van der Waals surface area contributed by atoms with Crippen molar-refractivity contribution < 1.29 is 15.3 Å². The van der Waals surface area contributed by atoms with Gasteiger partial charge in [-0.1, -0.05) is 27.7 Å². The molecule has 5 nitrogen and oxygen atoms in total. The first-order valence-corrected chi connectivity index (χ1v) is 10.7. The number of aliphatic hydroxyl groups is 3. The summed E-state index contributed by atoms with van der Waals surface area (Å²) in [7, 11) is 1.00. The molecule has 156 valence electrons. The van der Waals surface area contributed by atoms with Gasteiger partial charge in [-0.15, -0.1) is 0 Å². The molecule has 0 amide bonds. The maximum absolute atomic E-state index is 10.0. The van der Waals surface area contributed by atoms with E-state index in [4.69, 9.17) is 5.11 Å². The van der Waals surface area contributed by atoms with Crippen molar-refractivity contribution in [1.82, 2.24) is 10.2 Å². The predicted octanol–water partition coefficient (Wildman–Crippen LogP) is 3.43. The first-order chi connectivity index (χ1) is 13.0. The van der Waals surface area contributed by atoms with Crippen LogP contribution in [0.2, 0.25) is 0 Å². The molecule has 27 heavy (non-hydrogen) atoms. The Bertz CT molecular complexity index is 590. The number of H-pyrrole nitrogens is 1. The lowest BCUT2D eigenvalue weighted by Crippen LogP contribution is -2.47. The van der Waals surface area contributed by atoms with E-state index in [-0.39, 0.29) is 29.5 Å². The topological polar surface area (TPSA) is 89.4 Å². The van der Waals surface area contributed by atoms with Crippen LogP contribution >= 0.6 is 0 Å². The summed E-state index contributed by atoms with van der Waals surface area (Å²) in [5, 5.41) is 34.4. The predicted molar refractivity (Wildman–Crippen MR) is 109 cm³/mol. The van der Waals surface area contributed by atoms with E-state index in [9.17, 15) is 10.2 Å². The number of fused-ring (bicyclic) bond motifs is 3. The molecule has 2 fully saturated rings. The average Bonchev–Trinajstić information content (AvgIpc) is 3.27. The molecule has 3 aliphatic carbocycles. The van der Waals surface area contributed by atoms with Gasteiger partial charge in [-0.05, 0) is 73.7 Å². The van der Waals surface area contributed by atoms with Crippen molar-refractivity contribution >= 4 is 0 Å². The first kappa shape index (κ1) is 22.4. The van der Waals surface area contributed by atoms with Crippen LogP contribution in [-0.2, 0) is 11.8 Å². The summed E-state index contributed by atoms with van der Waals surface area (Å²) in [6.07, 6.45) is 9.38. The van der Waals surface area contributed by atoms with E-state index in [1.807, 2.05) is 20.0 Å². The minimum Gasteiger partial charge on any atom is -0.400 e. The van der Waals surface area contributed by atoms with Gasteiger partial charge in [0.05, 0.1) is 12.3 Å². The van der Waals surface area contributed by atoms with Gasteiger partial charge in [0.25, 0.3) is 0 Å². The van der Waals surface area contributed by atoms with E-state index in [2.05, 4.69) is 24.0 Å². The largest absolute Gasteiger partial charge is 0.400 e. The molecule has 4 N–H and O–H groups in total. The van der Waals surface area contributed by atoms with Crippen LogP contribution in [0.15, 0.2) is 6.20 Å². The van der Waals surface area contributed by atoms with Crippen LogP contribution in [-0.4, -0.2) is 45.3 Å². The van der Waals surface area contributed by atoms with Crippen LogP contribution in [0.3, 0.4) is 0 Å². The van der Waals surface area contributed by atoms with E-state index < -0.39 is 0 Å². The molecule has 6 unspecified atom stereocenters. The van der Waals surface area contributed by atoms with Crippen molar-refractivity contribution in [2.24, 2.45) is 23.2 Å². The number of hydrogen-bond donors (Lipinski definition) is 4. The number of aliphatic hydroxyl groups excluding tert-OH is 3. The summed E-state index contributed by atoms with van der Waals surface area (Å²) in [5.74, 6) is 1.62. The molecule has 3 aliphatic rings. The van der Waals surface area contributed by atoms with Crippen LogP contribution in [0.25, 0.3) is 0 Å². The Hall–Kier alpha value is -0.910. The number of nitrogens with one attached hydrogen (secondary N) is 1. The smallest absolute Gasteiger partial charge is 0.0544 e. The minimum absolute atomic E-state index is 0.184. The lowest BCUT2D eigenvalue weighted by Gasteiger charge is -2.52. The van der Waals surface area contributed by atoms with Gasteiger partial charge in [0.2, 0.25) is 0 Å². The summed E-state index contributed by atoms with van der Waals surface area (Å²) in [5.41, 5.74) is 3.25. The van der Waals surface area contributed by atoms with Crippen molar-refractivity contribution in [2.45, 2.75) is 84.2 Å². The molecular weight excluding hydrogens is 340 g/mol. The van der Waals surface area contributed by atoms with Gasteiger partial charge in [0, 0.05) is 24.8 Å². The van der Waals surface area contributed by atoms with Crippen LogP contribution < -0.4 is 0 Å². The normalized spacial score (nSPS) is 40.0. The molecule has 4 rings (SSSR count). The van der Waals surface area contributed by atoms with E-state index >= 15 is 0 Å². The fourth-order valence-corrected chi connectivity index (χ4v) is 6.08. The third-order valence-corrected chi connectivity index (χ3v) is 7.90. The van der Waals surface area contributed by atoms with Crippen molar-refractivity contribution in [3.05, 3.63) is 17.5 Å². The van der Waals surface area contributed by atoms with Crippen LogP contribution in [0.4, 0.5) is 0 Å². The zero-order valence-electron chi connectivity index (χ0n) is 17.8. The first-order valence-electron chi connectivity index (χ1n) is 10.7. The van der Waals surface area contributed by atoms with Crippen molar-refractivity contribution in [3.63, 3.8) is 0 Å². The SMILES string of the molecule is CC.CC12CCC(C3(C)CCC(O)CC3CO)CC1Cc1cn[nH]c12.CO. The second kappa shape index (κ2) is 9.06. The second-order valence-electron chi connectivity index (χ2n) is 8.87. The highest BCUT2D eigenvalue weighted by Crippen LogP contribution is 2.58. The van der Waals surface area contributed by atoms with Crippen LogP contribution in [0.1, 0.15) is 77.5 Å². The van der Waals surface area contributed by atoms with Crippen LogP contribution in [0, 0.1) is 23.2 Å². The fourth-order valence-electron chi connectivity index (χ4n) is 6.08. The Morgan fingerprint density at radius 3 is 2.48 bits per heavy atom. The maximum atomic E-state index is 10.0. The van der Waals surface area contributed by atoms with Gasteiger partial charge in [-0.2, -0.15) is 5.10 Å². The zero-order chi connectivity index (χ0) is 20.2. The maximum Gasteiger partial charge on any atom is 0.0544 e. The molecule has 0 aromatic carbocycles. The Morgan fingerprint density at radius 1 is 1.11 bits per heavy atom. The molecule has 0 bridgehead atoms. The summed E-state index contributed by atoms with van der Waals surface area (Å²) < 4.78 is 0. The molecule has 0 spiro atoms. The summed E-state index contributed by atoms with van der Waals surface area (Å²) in [6.45, 7) is 9.01. The minimum atomic E-state index is -0.216. The third-order valence-electron chi connectivity index (χ3n) is 7.90. The summed E-state index contributed by atoms with van der Waals surface area (Å²) >= 11 is 0. The van der Waals surface area contributed by atoms with Gasteiger partial charge in [0.1, 0.15) is 0 Å². The second-order valence-corrected chi connectivity index (χ2v) is 8.87. The monoisotopic (exact) mass is 380 g/mol. The fraction of sp³-hybridized carbons (Fsp3) is 0.864. The van der Waals surface area contributed by atoms with Crippen molar-refractivity contribution in [3.8, 4) is 0 Å². The van der Waals surface area contributed by atoms with Crippen molar-refractivity contribution in [1.29, 1.82) is 0 Å². The Balaban J connectivity index is 0.000000614. The van der Waals surface area contributed by atoms with Crippen LogP contribution in [0.5, 0.6) is 0 Å². The number of aromatic nitrogens is 2. The van der Waals surface area contributed by atoms with Gasteiger partial charge in [-0.3, -0.25) is 5.10 Å². The highest BCUT2D eigenvalue weighted by atomic mass is 16.3. The number of aromatic amines is 1. The molecule has 0 saturated heterocycles. The number of nitrogens with zero attached hydrogens (tertiary/aromatic N) is 1. The molecule has 0 aliphatic heterocycles.